The van der Waals surface area contributed by atoms with Crippen molar-refractivity contribution in [2.75, 3.05) is 32.1 Å². The summed E-state index contributed by atoms with van der Waals surface area (Å²) in [7, 11) is 1.95. The van der Waals surface area contributed by atoms with Crippen LogP contribution < -0.4 is 0 Å². The molecular weight excluding hydrogens is 445 g/mol. The summed E-state index contributed by atoms with van der Waals surface area (Å²) in [5, 5.41) is 1.22. The van der Waals surface area contributed by atoms with Crippen LogP contribution in [0.4, 0.5) is 4.39 Å². The molecule has 1 saturated heterocycles. The van der Waals surface area contributed by atoms with Gasteiger partial charge in [0.25, 0.3) is 0 Å². The smallest absolute Gasteiger partial charge is 0.223 e. The summed E-state index contributed by atoms with van der Waals surface area (Å²) in [5.41, 5.74) is 3.44. The Labute approximate surface area is 206 Å². The topological polar surface area (TPSA) is 36.4 Å². The van der Waals surface area contributed by atoms with Gasteiger partial charge in [0.15, 0.2) is 0 Å². The van der Waals surface area contributed by atoms with E-state index >= 15 is 0 Å². The number of fused-ring (bicyclic) bond motifs is 1. The lowest BCUT2D eigenvalue weighted by atomic mass is 9.84. The highest BCUT2D eigenvalue weighted by Gasteiger charge is 2.31. The zero-order valence-electron chi connectivity index (χ0n) is 20.1. The standard InChI is InChI=1S/C28H34FN3OS/c1-31(28(33)14-18-34-2)27(19-21-7-9-24(29)10-8-21)22-12-16-32(17-13-22)20-23-11-15-30-26-6-4-3-5-25(23)26/h3-11,15,22,27H,12-14,16-20H2,1-2H3/t27-/m0/s1. The van der Waals surface area contributed by atoms with Crippen LogP contribution in [-0.2, 0) is 17.8 Å². The number of hydrogen-bond acceptors (Lipinski definition) is 4. The molecule has 0 bridgehead atoms. The summed E-state index contributed by atoms with van der Waals surface area (Å²) in [6.45, 7) is 2.93. The van der Waals surface area contributed by atoms with Gasteiger partial charge >= 0.3 is 0 Å². The molecule has 0 saturated carbocycles. The second kappa shape index (κ2) is 11.8. The maximum absolute atomic E-state index is 13.4. The molecule has 2 heterocycles. The summed E-state index contributed by atoms with van der Waals surface area (Å²) in [6, 6.07) is 17.3. The van der Waals surface area contributed by atoms with Crippen molar-refractivity contribution < 1.29 is 9.18 Å². The highest BCUT2D eigenvalue weighted by atomic mass is 32.2. The van der Waals surface area contributed by atoms with Crippen molar-refractivity contribution >= 4 is 28.6 Å². The van der Waals surface area contributed by atoms with Crippen LogP contribution in [0.5, 0.6) is 0 Å². The fraction of sp³-hybridized carbons (Fsp3) is 0.429. The fourth-order valence-electron chi connectivity index (χ4n) is 5.06. The van der Waals surface area contributed by atoms with E-state index in [1.807, 2.05) is 42.6 Å². The first-order valence-corrected chi connectivity index (χ1v) is 13.5. The molecule has 2 aromatic carbocycles. The Morgan fingerprint density at radius 3 is 2.62 bits per heavy atom. The average molecular weight is 480 g/mol. The van der Waals surface area contributed by atoms with Gasteiger partial charge in [0.1, 0.15) is 5.82 Å². The van der Waals surface area contributed by atoms with E-state index in [4.69, 9.17) is 0 Å². The summed E-state index contributed by atoms with van der Waals surface area (Å²) < 4.78 is 13.4. The third-order valence-electron chi connectivity index (χ3n) is 7.08. The van der Waals surface area contributed by atoms with E-state index in [1.165, 1.54) is 23.1 Å². The first-order chi connectivity index (χ1) is 16.5. The van der Waals surface area contributed by atoms with E-state index in [0.29, 0.717) is 12.3 Å². The third kappa shape index (κ3) is 6.16. The van der Waals surface area contributed by atoms with Crippen LogP contribution in [0.2, 0.25) is 0 Å². The van der Waals surface area contributed by atoms with E-state index in [0.717, 1.165) is 55.7 Å². The van der Waals surface area contributed by atoms with Crippen LogP contribution in [0, 0.1) is 11.7 Å². The summed E-state index contributed by atoms with van der Waals surface area (Å²) in [4.78, 5) is 21.9. The number of para-hydroxylation sites is 1. The lowest BCUT2D eigenvalue weighted by molar-refractivity contribution is -0.133. The van der Waals surface area contributed by atoms with E-state index < -0.39 is 0 Å². The number of pyridine rings is 1. The van der Waals surface area contributed by atoms with E-state index in [1.54, 1.807) is 11.8 Å². The number of likely N-dealkylation sites (N-methyl/N-ethyl adjacent to an activating group) is 1. The quantitative estimate of drug-likeness (QED) is 0.411. The van der Waals surface area contributed by atoms with E-state index in [-0.39, 0.29) is 17.8 Å². The van der Waals surface area contributed by atoms with Gasteiger partial charge in [-0.1, -0.05) is 30.3 Å². The number of rotatable bonds is 9. The molecule has 34 heavy (non-hydrogen) atoms. The minimum Gasteiger partial charge on any atom is -0.342 e. The highest BCUT2D eigenvalue weighted by Crippen LogP contribution is 2.28. The second-order valence-corrected chi connectivity index (χ2v) is 10.2. The van der Waals surface area contributed by atoms with Gasteiger partial charge in [0, 0.05) is 43.4 Å². The molecule has 1 amide bonds. The minimum atomic E-state index is -0.221. The number of amides is 1. The molecule has 1 fully saturated rings. The number of carbonyl (C=O) groups excluding carboxylic acids is 1. The largest absolute Gasteiger partial charge is 0.342 e. The van der Waals surface area contributed by atoms with Gasteiger partial charge in [-0.15, -0.1) is 0 Å². The van der Waals surface area contributed by atoms with Crippen LogP contribution in [0.1, 0.15) is 30.4 Å². The number of aromatic nitrogens is 1. The SMILES string of the molecule is CSCCC(=O)N(C)[C@@H](Cc1ccc(F)cc1)C1CCN(Cc2ccnc3ccccc23)CC1. The van der Waals surface area contributed by atoms with Gasteiger partial charge in [0.2, 0.25) is 5.91 Å². The van der Waals surface area contributed by atoms with E-state index in [2.05, 4.69) is 34.1 Å². The van der Waals surface area contributed by atoms with Crippen molar-refractivity contribution in [2.45, 2.75) is 38.3 Å². The Hall–Kier alpha value is -2.44. The maximum Gasteiger partial charge on any atom is 0.223 e. The van der Waals surface area contributed by atoms with Gasteiger partial charge in [-0.2, -0.15) is 11.8 Å². The number of thioether (sulfide) groups is 1. The molecule has 0 radical (unpaired) electrons. The summed E-state index contributed by atoms with van der Waals surface area (Å²) in [5.74, 6) is 1.25. The fourth-order valence-corrected chi connectivity index (χ4v) is 5.44. The molecule has 4 rings (SSSR count). The molecule has 0 unspecified atom stereocenters. The average Bonchev–Trinajstić information content (AvgIpc) is 2.87. The van der Waals surface area contributed by atoms with Crippen LogP contribution in [0.3, 0.4) is 0 Å². The van der Waals surface area contributed by atoms with Crippen molar-refractivity contribution in [3.63, 3.8) is 0 Å². The van der Waals surface area contributed by atoms with Gasteiger partial charge < -0.3 is 4.90 Å². The summed E-state index contributed by atoms with van der Waals surface area (Å²) in [6.07, 6.45) is 7.36. The van der Waals surface area contributed by atoms with Crippen molar-refractivity contribution in [3.05, 3.63) is 77.7 Å². The van der Waals surface area contributed by atoms with Crippen LogP contribution >= 0.6 is 11.8 Å². The number of piperidine rings is 1. The lowest BCUT2D eigenvalue weighted by Gasteiger charge is -2.40. The van der Waals surface area contributed by atoms with Gasteiger partial charge in [-0.05, 0) is 79.9 Å². The van der Waals surface area contributed by atoms with Gasteiger partial charge in [-0.3, -0.25) is 14.7 Å². The molecule has 1 aliphatic heterocycles. The van der Waals surface area contributed by atoms with Gasteiger partial charge in [-0.25, -0.2) is 4.39 Å². The Bertz CT molecular complexity index is 1080. The predicted molar refractivity (Wildman–Crippen MR) is 139 cm³/mol. The van der Waals surface area contributed by atoms with Gasteiger partial charge in [0.05, 0.1) is 5.52 Å². The molecule has 6 heteroatoms. The Morgan fingerprint density at radius 1 is 1.15 bits per heavy atom. The van der Waals surface area contributed by atoms with Crippen molar-refractivity contribution in [1.82, 2.24) is 14.8 Å². The molecule has 0 N–H and O–H groups in total. The first kappa shape index (κ1) is 24.7. The molecular formula is C28H34FN3OS. The molecule has 0 aliphatic carbocycles. The lowest BCUT2D eigenvalue weighted by Crippen LogP contribution is -2.47. The van der Waals surface area contributed by atoms with Crippen LogP contribution in [-0.4, -0.2) is 58.9 Å². The Balaban J connectivity index is 1.44. The molecule has 180 valence electrons. The number of nitrogens with zero attached hydrogens (tertiary/aromatic N) is 3. The molecule has 1 aromatic heterocycles. The zero-order valence-corrected chi connectivity index (χ0v) is 20.9. The molecule has 3 aromatic rings. The third-order valence-corrected chi connectivity index (χ3v) is 7.69. The molecule has 1 atom stereocenters. The number of carbonyl (C=O) groups is 1. The summed E-state index contributed by atoms with van der Waals surface area (Å²) >= 11 is 1.70. The van der Waals surface area contributed by atoms with E-state index in [9.17, 15) is 9.18 Å². The Kier molecular flexibility index (Phi) is 8.57. The monoisotopic (exact) mass is 479 g/mol. The minimum absolute atomic E-state index is 0.128. The number of hydrogen-bond donors (Lipinski definition) is 0. The number of likely N-dealkylation sites (tertiary alicyclic amines) is 1. The number of benzene rings is 2. The zero-order chi connectivity index (χ0) is 23.9. The van der Waals surface area contributed by atoms with Crippen LogP contribution in [0.15, 0.2) is 60.8 Å². The maximum atomic E-state index is 13.4. The normalized spacial score (nSPS) is 16.0. The van der Waals surface area contributed by atoms with Crippen molar-refractivity contribution in [3.8, 4) is 0 Å². The van der Waals surface area contributed by atoms with Crippen LogP contribution in [0.25, 0.3) is 10.9 Å². The first-order valence-electron chi connectivity index (χ1n) is 12.1. The predicted octanol–water partition coefficient (Wildman–Crippen LogP) is 5.41. The molecule has 0 spiro atoms. The van der Waals surface area contributed by atoms with Crippen molar-refractivity contribution in [2.24, 2.45) is 5.92 Å². The molecule has 1 aliphatic rings. The second-order valence-electron chi connectivity index (χ2n) is 9.25. The molecule has 4 nitrogen and oxygen atoms in total. The number of halogens is 1. The Morgan fingerprint density at radius 2 is 1.88 bits per heavy atom. The highest BCUT2D eigenvalue weighted by molar-refractivity contribution is 7.98. The van der Waals surface area contributed by atoms with Crippen molar-refractivity contribution in [1.29, 1.82) is 0 Å².